The van der Waals surface area contributed by atoms with Crippen LogP contribution in [0.25, 0.3) is 0 Å². The van der Waals surface area contributed by atoms with E-state index < -0.39 is 12.0 Å². The Balaban J connectivity index is 2.09. The average Bonchev–Trinajstić information content (AvgIpc) is 2.84. The van der Waals surface area contributed by atoms with Gasteiger partial charge >= 0.3 is 12.0 Å². The Kier molecular flexibility index (Phi) is 4.00. The van der Waals surface area contributed by atoms with Gasteiger partial charge in [-0.2, -0.15) is 0 Å². The first kappa shape index (κ1) is 13.3. The Bertz CT molecular complexity index is 473. The number of hydrogen-bond donors (Lipinski definition) is 4. The third-order valence-electron chi connectivity index (χ3n) is 3.10. The van der Waals surface area contributed by atoms with Gasteiger partial charge in [0.25, 0.3) is 0 Å². The van der Waals surface area contributed by atoms with E-state index in [2.05, 4.69) is 15.3 Å². The number of carboxylic acid groups (broad SMARTS) is 1. The molecular formula is C11H17N5O3. The van der Waals surface area contributed by atoms with E-state index in [4.69, 9.17) is 5.73 Å². The van der Waals surface area contributed by atoms with Gasteiger partial charge in [-0.15, -0.1) is 0 Å². The molecule has 1 atom stereocenters. The normalized spacial score (nSPS) is 17.9. The second-order valence-electron chi connectivity index (χ2n) is 4.39. The number of H-pyrrole nitrogens is 1. The summed E-state index contributed by atoms with van der Waals surface area (Å²) in [5, 5.41) is 11.9. The van der Waals surface area contributed by atoms with Crippen LogP contribution in [0.1, 0.15) is 17.8 Å². The SMILES string of the molecule is NCCCNC(=O)N1Cc2[nH]cnc2CC1C(=O)O. The monoisotopic (exact) mass is 267 g/mol. The Labute approximate surface area is 110 Å². The van der Waals surface area contributed by atoms with Gasteiger partial charge in [-0.3, -0.25) is 0 Å². The minimum absolute atomic E-state index is 0.221. The molecule has 2 heterocycles. The molecule has 1 aromatic rings. The molecule has 1 unspecified atom stereocenters. The third kappa shape index (κ3) is 2.84. The average molecular weight is 267 g/mol. The van der Waals surface area contributed by atoms with Crippen LogP contribution in [0, 0.1) is 0 Å². The second kappa shape index (κ2) is 5.70. The summed E-state index contributed by atoms with van der Waals surface area (Å²) in [7, 11) is 0. The Morgan fingerprint density at radius 1 is 1.63 bits per heavy atom. The minimum Gasteiger partial charge on any atom is -0.480 e. The largest absolute Gasteiger partial charge is 0.480 e. The summed E-state index contributed by atoms with van der Waals surface area (Å²) >= 11 is 0. The molecule has 5 N–H and O–H groups in total. The molecule has 0 saturated heterocycles. The van der Waals surface area contributed by atoms with Gasteiger partial charge in [0.15, 0.2) is 0 Å². The second-order valence-corrected chi connectivity index (χ2v) is 4.39. The van der Waals surface area contributed by atoms with Crippen LogP contribution in [0.5, 0.6) is 0 Å². The van der Waals surface area contributed by atoms with E-state index in [1.54, 1.807) is 0 Å². The van der Waals surface area contributed by atoms with Gasteiger partial charge in [-0.1, -0.05) is 0 Å². The summed E-state index contributed by atoms with van der Waals surface area (Å²) in [4.78, 5) is 31.5. The van der Waals surface area contributed by atoms with Gasteiger partial charge in [-0.25, -0.2) is 14.6 Å². The molecule has 0 saturated carbocycles. The Morgan fingerprint density at radius 2 is 2.42 bits per heavy atom. The Morgan fingerprint density at radius 3 is 3.11 bits per heavy atom. The molecule has 8 nitrogen and oxygen atoms in total. The number of carboxylic acids is 1. The summed E-state index contributed by atoms with van der Waals surface area (Å²) in [6.45, 7) is 1.14. The van der Waals surface area contributed by atoms with Crippen molar-refractivity contribution < 1.29 is 14.7 Å². The maximum Gasteiger partial charge on any atom is 0.326 e. The molecule has 8 heteroatoms. The highest BCUT2D eigenvalue weighted by molar-refractivity contribution is 5.83. The van der Waals surface area contributed by atoms with E-state index >= 15 is 0 Å². The van der Waals surface area contributed by atoms with Gasteiger partial charge in [0, 0.05) is 13.0 Å². The molecule has 1 aliphatic heterocycles. The lowest BCUT2D eigenvalue weighted by Gasteiger charge is -2.32. The van der Waals surface area contributed by atoms with Crippen molar-refractivity contribution in [1.82, 2.24) is 20.2 Å². The van der Waals surface area contributed by atoms with Crippen molar-refractivity contribution >= 4 is 12.0 Å². The molecule has 0 aromatic carbocycles. The highest BCUT2D eigenvalue weighted by Gasteiger charge is 2.35. The van der Waals surface area contributed by atoms with Crippen LogP contribution in [0.4, 0.5) is 4.79 Å². The molecule has 0 fully saturated rings. The number of fused-ring (bicyclic) bond motifs is 1. The number of imidazole rings is 1. The van der Waals surface area contributed by atoms with Crippen molar-refractivity contribution in [3.05, 3.63) is 17.7 Å². The lowest BCUT2D eigenvalue weighted by Crippen LogP contribution is -2.52. The first-order chi connectivity index (χ1) is 9.13. The summed E-state index contributed by atoms with van der Waals surface area (Å²) < 4.78 is 0. The first-order valence-electron chi connectivity index (χ1n) is 6.12. The van der Waals surface area contributed by atoms with E-state index in [1.165, 1.54) is 11.2 Å². The smallest absolute Gasteiger partial charge is 0.326 e. The van der Waals surface area contributed by atoms with Crippen LogP contribution >= 0.6 is 0 Å². The van der Waals surface area contributed by atoms with Crippen molar-refractivity contribution in [2.45, 2.75) is 25.4 Å². The Hall–Kier alpha value is -2.09. The molecule has 2 amide bonds. The zero-order chi connectivity index (χ0) is 13.8. The topological polar surface area (TPSA) is 124 Å². The number of carbonyl (C=O) groups excluding carboxylic acids is 1. The van der Waals surface area contributed by atoms with E-state index in [0.29, 0.717) is 25.2 Å². The highest BCUT2D eigenvalue weighted by atomic mass is 16.4. The predicted molar refractivity (Wildman–Crippen MR) is 66.3 cm³/mol. The number of urea groups is 1. The number of aromatic nitrogens is 2. The van der Waals surface area contributed by atoms with E-state index in [9.17, 15) is 14.7 Å². The molecular weight excluding hydrogens is 250 g/mol. The zero-order valence-electron chi connectivity index (χ0n) is 10.4. The number of aliphatic carboxylic acids is 1. The fourth-order valence-electron chi connectivity index (χ4n) is 2.07. The number of nitrogens with two attached hydrogens (primary N) is 1. The molecule has 104 valence electrons. The van der Waals surface area contributed by atoms with Gasteiger partial charge in [0.05, 0.1) is 24.3 Å². The lowest BCUT2D eigenvalue weighted by molar-refractivity contribution is -0.142. The van der Waals surface area contributed by atoms with Crippen LogP contribution in [-0.4, -0.2) is 51.1 Å². The summed E-state index contributed by atoms with van der Waals surface area (Å²) in [5.74, 6) is -1.03. The van der Waals surface area contributed by atoms with Crippen LogP contribution < -0.4 is 11.1 Å². The maximum absolute atomic E-state index is 12.0. The predicted octanol–water partition coefficient (Wildman–Crippen LogP) is -0.721. The number of carbonyl (C=O) groups is 2. The van der Waals surface area contributed by atoms with E-state index in [0.717, 1.165) is 5.69 Å². The quantitative estimate of drug-likeness (QED) is 0.536. The molecule has 0 bridgehead atoms. The fraction of sp³-hybridized carbons (Fsp3) is 0.545. The highest BCUT2D eigenvalue weighted by Crippen LogP contribution is 2.20. The molecule has 1 aliphatic rings. The number of nitrogens with zero attached hydrogens (tertiary/aromatic N) is 2. The molecule has 0 aliphatic carbocycles. The van der Waals surface area contributed by atoms with Gasteiger partial charge in [0.2, 0.25) is 0 Å². The van der Waals surface area contributed by atoms with E-state index in [-0.39, 0.29) is 19.0 Å². The lowest BCUT2D eigenvalue weighted by atomic mass is 10.0. The molecule has 2 rings (SSSR count). The summed E-state index contributed by atoms with van der Waals surface area (Å²) in [5.41, 5.74) is 6.84. The first-order valence-corrected chi connectivity index (χ1v) is 6.12. The number of amides is 2. The van der Waals surface area contributed by atoms with Crippen LogP contribution in [0.3, 0.4) is 0 Å². The third-order valence-corrected chi connectivity index (χ3v) is 3.10. The fourth-order valence-corrected chi connectivity index (χ4v) is 2.07. The van der Waals surface area contributed by atoms with Gasteiger partial charge in [0.1, 0.15) is 6.04 Å². The summed E-state index contributed by atoms with van der Waals surface area (Å²) in [6.07, 6.45) is 2.39. The number of nitrogens with one attached hydrogen (secondary N) is 2. The summed E-state index contributed by atoms with van der Waals surface area (Å²) in [6, 6.07) is -1.27. The van der Waals surface area contributed by atoms with Crippen LogP contribution in [-0.2, 0) is 17.8 Å². The van der Waals surface area contributed by atoms with Crippen molar-refractivity contribution in [3.8, 4) is 0 Å². The van der Waals surface area contributed by atoms with Crippen molar-refractivity contribution in [2.75, 3.05) is 13.1 Å². The van der Waals surface area contributed by atoms with Gasteiger partial charge < -0.3 is 26.0 Å². The number of hydrogen-bond acceptors (Lipinski definition) is 4. The van der Waals surface area contributed by atoms with Crippen molar-refractivity contribution in [2.24, 2.45) is 5.73 Å². The molecule has 1 aromatic heterocycles. The van der Waals surface area contributed by atoms with Gasteiger partial charge in [-0.05, 0) is 13.0 Å². The van der Waals surface area contributed by atoms with Crippen molar-refractivity contribution in [1.29, 1.82) is 0 Å². The van der Waals surface area contributed by atoms with Crippen molar-refractivity contribution in [3.63, 3.8) is 0 Å². The number of aromatic amines is 1. The maximum atomic E-state index is 12.0. The molecule has 0 spiro atoms. The minimum atomic E-state index is -1.03. The van der Waals surface area contributed by atoms with Crippen LogP contribution in [0.2, 0.25) is 0 Å². The zero-order valence-corrected chi connectivity index (χ0v) is 10.4. The molecule has 19 heavy (non-hydrogen) atoms. The molecule has 0 radical (unpaired) electrons. The van der Waals surface area contributed by atoms with E-state index in [1.807, 2.05) is 0 Å². The van der Waals surface area contributed by atoms with Crippen LogP contribution in [0.15, 0.2) is 6.33 Å². The number of rotatable bonds is 4. The standard InChI is InChI=1S/C11H17N5O3/c12-2-1-3-13-11(19)16-5-8-7(14-6-15-8)4-9(16)10(17)18/h6,9H,1-5,12H2,(H,13,19)(H,14,15)(H,17,18).